The van der Waals surface area contributed by atoms with Crippen LogP contribution < -0.4 is 4.74 Å². The minimum absolute atomic E-state index is 0.232. The molecule has 2 rings (SSSR count). The summed E-state index contributed by atoms with van der Waals surface area (Å²) in [5.74, 6) is -1.22. The molecule has 2 aromatic rings. The molecule has 2 aromatic carbocycles. The van der Waals surface area contributed by atoms with Crippen LogP contribution in [0.2, 0.25) is 0 Å². The van der Waals surface area contributed by atoms with Crippen LogP contribution in [0.3, 0.4) is 0 Å². The van der Waals surface area contributed by atoms with E-state index >= 15 is 0 Å². The number of benzene rings is 2. The molecule has 0 aliphatic rings. The molecule has 0 atom stereocenters. The first kappa shape index (κ1) is 11.3. The fourth-order valence-electron chi connectivity index (χ4n) is 1.25. The summed E-state index contributed by atoms with van der Waals surface area (Å²) in [5, 5.41) is 0. The highest BCUT2D eigenvalue weighted by molar-refractivity contribution is 5.90. The number of rotatable bonds is 2. The molecule has 0 aliphatic carbocycles. The van der Waals surface area contributed by atoms with E-state index in [-0.39, 0.29) is 11.3 Å². The standard InChI is InChI=1S/C13H8F2O2/c14-10-3-1-9(2-4-10)13(16)17-12-7-5-11(15)6-8-12/h1-8H. The van der Waals surface area contributed by atoms with Crippen LogP contribution >= 0.6 is 0 Å². The van der Waals surface area contributed by atoms with Crippen molar-refractivity contribution >= 4 is 5.97 Å². The van der Waals surface area contributed by atoms with Crippen LogP contribution in [0.4, 0.5) is 8.78 Å². The molecule has 0 heterocycles. The van der Waals surface area contributed by atoms with Crippen LogP contribution in [0.5, 0.6) is 5.75 Å². The summed E-state index contributed by atoms with van der Waals surface area (Å²) in [7, 11) is 0. The molecular weight excluding hydrogens is 226 g/mol. The highest BCUT2D eigenvalue weighted by atomic mass is 19.1. The van der Waals surface area contributed by atoms with Gasteiger partial charge in [-0.2, -0.15) is 0 Å². The molecule has 0 aromatic heterocycles. The molecule has 2 nitrogen and oxygen atoms in total. The van der Waals surface area contributed by atoms with E-state index in [9.17, 15) is 13.6 Å². The van der Waals surface area contributed by atoms with E-state index in [1.807, 2.05) is 0 Å². The van der Waals surface area contributed by atoms with E-state index in [0.717, 1.165) is 0 Å². The maximum atomic E-state index is 12.6. The zero-order valence-corrected chi connectivity index (χ0v) is 8.69. The van der Waals surface area contributed by atoms with E-state index in [2.05, 4.69) is 0 Å². The molecular formula is C13H8F2O2. The first-order chi connectivity index (χ1) is 8.15. The normalized spacial score (nSPS) is 10.0. The van der Waals surface area contributed by atoms with Crippen molar-refractivity contribution in [3.05, 3.63) is 65.7 Å². The van der Waals surface area contributed by atoms with Crippen molar-refractivity contribution < 1.29 is 18.3 Å². The van der Waals surface area contributed by atoms with Gasteiger partial charge < -0.3 is 4.74 Å². The average molecular weight is 234 g/mol. The van der Waals surface area contributed by atoms with Crippen LogP contribution in [-0.4, -0.2) is 5.97 Å². The number of hydrogen-bond acceptors (Lipinski definition) is 2. The Bertz CT molecular complexity index is 518. The lowest BCUT2D eigenvalue weighted by Gasteiger charge is -2.03. The second kappa shape index (κ2) is 4.74. The summed E-state index contributed by atoms with van der Waals surface area (Å²) in [6, 6.07) is 10.0. The van der Waals surface area contributed by atoms with E-state index in [1.54, 1.807) is 0 Å². The van der Waals surface area contributed by atoms with Crippen molar-refractivity contribution in [1.82, 2.24) is 0 Å². The Morgan fingerprint density at radius 3 is 1.82 bits per heavy atom. The second-order valence-electron chi connectivity index (χ2n) is 3.35. The topological polar surface area (TPSA) is 26.3 Å². The lowest BCUT2D eigenvalue weighted by molar-refractivity contribution is 0.0734. The van der Waals surface area contributed by atoms with E-state index in [4.69, 9.17) is 4.74 Å². The van der Waals surface area contributed by atoms with Crippen molar-refractivity contribution in [1.29, 1.82) is 0 Å². The van der Waals surface area contributed by atoms with Crippen molar-refractivity contribution in [2.24, 2.45) is 0 Å². The maximum absolute atomic E-state index is 12.6. The van der Waals surface area contributed by atoms with Gasteiger partial charge in [0.2, 0.25) is 0 Å². The molecule has 0 spiro atoms. The minimum Gasteiger partial charge on any atom is -0.423 e. The smallest absolute Gasteiger partial charge is 0.343 e. The van der Waals surface area contributed by atoms with Gasteiger partial charge in [0, 0.05) is 0 Å². The monoisotopic (exact) mass is 234 g/mol. The third kappa shape index (κ3) is 2.87. The molecule has 86 valence electrons. The molecule has 0 fully saturated rings. The number of ether oxygens (including phenoxy) is 1. The highest BCUT2D eigenvalue weighted by Crippen LogP contribution is 2.13. The molecule has 0 bridgehead atoms. The zero-order valence-electron chi connectivity index (χ0n) is 8.69. The number of carbonyl (C=O) groups is 1. The molecule has 0 saturated heterocycles. The first-order valence-corrected chi connectivity index (χ1v) is 4.88. The predicted molar refractivity (Wildman–Crippen MR) is 57.8 cm³/mol. The van der Waals surface area contributed by atoms with Gasteiger partial charge >= 0.3 is 5.97 Å². The molecule has 0 saturated carbocycles. The van der Waals surface area contributed by atoms with Crippen molar-refractivity contribution in [3.8, 4) is 5.75 Å². The Labute approximate surface area is 96.5 Å². The van der Waals surface area contributed by atoms with Gasteiger partial charge in [0.1, 0.15) is 17.4 Å². The van der Waals surface area contributed by atoms with Gasteiger partial charge in [0.15, 0.2) is 0 Å². The van der Waals surface area contributed by atoms with Gasteiger partial charge in [0.25, 0.3) is 0 Å². The van der Waals surface area contributed by atoms with Gasteiger partial charge in [0.05, 0.1) is 5.56 Å². The Morgan fingerprint density at radius 1 is 0.824 bits per heavy atom. The van der Waals surface area contributed by atoms with E-state index in [1.165, 1.54) is 48.5 Å². The quantitative estimate of drug-likeness (QED) is 0.589. The summed E-state index contributed by atoms with van der Waals surface area (Å²) in [4.78, 5) is 11.6. The van der Waals surface area contributed by atoms with Gasteiger partial charge in [-0.25, -0.2) is 13.6 Å². The van der Waals surface area contributed by atoms with Crippen LogP contribution in [0.15, 0.2) is 48.5 Å². The average Bonchev–Trinajstić information content (AvgIpc) is 2.33. The van der Waals surface area contributed by atoms with Gasteiger partial charge in [-0.05, 0) is 48.5 Å². The fourth-order valence-corrected chi connectivity index (χ4v) is 1.25. The molecule has 0 amide bonds. The van der Waals surface area contributed by atoms with Crippen LogP contribution in [0, 0.1) is 11.6 Å². The fraction of sp³-hybridized carbons (Fsp3) is 0. The van der Waals surface area contributed by atoms with E-state index < -0.39 is 17.6 Å². The van der Waals surface area contributed by atoms with Gasteiger partial charge in [-0.1, -0.05) is 0 Å². The molecule has 0 aliphatic heterocycles. The third-order valence-electron chi connectivity index (χ3n) is 2.10. The largest absolute Gasteiger partial charge is 0.423 e. The second-order valence-corrected chi connectivity index (χ2v) is 3.35. The first-order valence-electron chi connectivity index (χ1n) is 4.88. The zero-order chi connectivity index (χ0) is 12.3. The summed E-state index contributed by atoms with van der Waals surface area (Å²) < 4.78 is 30.2. The van der Waals surface area contributed by atoms with Crippen molar-refractivity contribution in [2.45, 2.75) is 0 Å². The van der Waals surface area contributed by atoms with Gasteiger partial charge in [-0.15, -0.1) is 0 Å². The Hall–Kier alpha value is -2.23. The lowest BCUT2D eigenvalue weighted by Crippen LogP contribution is -2.08. The molecule has 0 radical (unpaired) electrons. The Balaban J connectivity index is 2.11. The SMILES string of the molecule is O=C(Oc1ccc(F)cc1)c1ccc(F)cc1. The van der Waals surface area contributed by atoms with Crippen LogP contribution in [0.25, 0.3) is 0 Å². The Morgan fingerprint density at radius 2 is 1.29 bits per heavy atom. The van der Waals surface area contributed by atoms with Crippen LogP contribution in [-0.2, 0) is 0 Å². The van der Waals surface area contributed by atoms with Crippen molar-refractivity contribution in [3.63, 3.8) is 0 Å². The molecule has 0 unspecified atom stereocenters. The maximum Gasteiger partial charge on any atom is 0.343 e. The minimum atomic E-state index is -0.614. The van der Waals surface area contributed by atoms with Gasteiger partial charge in [-0.3, -0.25) is 0 Å². The molecule has 4 heteroatoms. The lowest BCUT2D eigenvalue weighted by atomic mass is 10.2. The van der Waals surface area contributed by atoms with Crippen LogP contribution in [0.1, 0.15) is 10.4 Å². The molecule has 0 N–H and O–H groups in total. The van der Waals surface area contributed by atoms with E-state index in [0.29, 0.717) is 0 Å². The summed E-state index contributed by atoms with van der Waals surface area (Å²) in [5.41, 5.74) is 0.232. The number of halogens is 2. The number of carbonyl (C=O) groups excluding carboxylic acids is 1. The Kier molecular flexibility index (Phi) is 3.14. The highest BCUT2D eigenvalue weighted by Gasteiger charge is 2.08. The molecule has 17 heavy (non-hydrogen) atoms. The predicted octanol–water partition coefficient (Wildman–Crippen LogP) is 3.18. The summed E-state index contributed by atoms with van der Waals surface area (Å²) in [6.45, 7) is 0. The third-order valence-corrected chi connectivity index (χ3v) is 2.10. The van der Waals surface area contributed by atoms with Crippen molar-refractivity contribution in [2.75, 3.05) is 0 Å². The number of hydrogen-bond donors (Lipinski definition) is 0. The number of esters is 1. The summed E-state index contributed by atoms with van der Waals surface area (Å²) in [6.07, 6.45) is 0. The summed E-state index contributed by atoms with van der Waals surface area (Å²) >= 11 is 0.